The number of carbonyl (C=O) groups excluding carboxylic acids is 2. The first-order valence-electron chi connectivity index (χ1n) is 7.24. The standard InChI is InChI=1S/C17H20N2O3/c1-11(2)9-15(17(21)22-3)19-16(20)13-6-7-14-12(10-13)5-4-8-18-14/h4-8,10-11,15H,9H2,1-3H3,(H,19,20). The molecule has 22 heavy (non-hydrogen) atoms. The van der Waals surface area contributed by atoms with Crippen molar-refractivity contribution in [3.63, 3.8) is 0 Å². The molecule has 1 aromatic heterocycles. The molecule has 0 fully saturated rings. The fourth-order valence-electron chi connectivity index (χ4n) is 2.29. The highest BCUT2D eigenvalue weighted by molar-refractivity contribution is 5.99. The fourth-order valence-corrected chi connectivity index (χ4v) is 2.29. The average Bonchev–Trinajstić information content (AvgIpc) is 2.52. The van der Waals surface area contributed by atoms with Crippen molar-refractivity contribution in [2.75, 3.05) is 7.11 Å². The Morgan fingerprint density at radius 2 is 2.05 bits per heavy atom. The first-order valence-corrected chi connectivity index (χ1v) is 7.24. The van der Waals surface area contributed by atoms with E-state index in [1.807, 2.05) is 26.0 Å². The van der Waals surface area contributed by atoms with Crippen LogP contribution in [0.4, 0.5) is 0 Å². The van der Waals surface area contributed by atoms with Crippen LogP contribution in [-0.2, 0) is 9.53 Å². The summed E-state index contributed by atoms with van der Waals surface area (Å²) in [7, 11) is 1.32. The molecule has 0 saturated heterocycles. The summed E-state index contributed by atoms with van der Waals surface area (Å²) >= 11 is 0. The van der Waals surface area contributed by atoms with E-state index in [-0.39, 0.29) is 11.8 Å². The Morgan fingerprint density at radius 3 is 2.73 bits per heavy atom. The number of benzene rings is 1. The Hall–Kier alpha value is -2.43. The molecule has 0 aliphatic carbocycles. The molecule has 0 radical (unpaired) electrons. The molecule has 0 bridgehead atoms. The molecule has 116 valence electrons. The summed E-state index contributed by atoms with van der Waals surface area (Å²) in [6.07, 6.45) is 2.24. The molecule has 1 aromatic carbocycles. The fraction of sp³-hybridized carbons (Fsp3) is 0.353. The lowest BCUT2D eigenvalue weighted by atomic mass is 10.0. The topological polar surface area (TPSA) is 68.3 Å². The Balaban J connectivity index is 2.19. The van der Waals surface area contributed by atoms with Gasteiger partial charge in [-0.2, -0.15) is 0 Å². The Morgan fingerprint density at radius 1 is 1.27 bits per heavy atom. The number of nitrogens with zero attached hydrogens (tertiary/aromatic N) is 1. The number of amides is 1. The Bertz CT molecular complexity index is 682. The van der Waals surface area contributed by atoms with Crippen molar-refractivity contribution >= 4 is 22.8 Å². The first-order chi connectivity index (χ1) is 10.5. The van der Waals surface area contributed by atoms with E-state index in [1.54, 1.807) is 24.4 Å². The van der Waals surface area contributed by atoms with Gasteiger partial charge in [0.15, 0.2) is 0 Å². The maximum atomic E-state index is 12.4. The van der Waals surface area contributed by atoms with E-state index in [4.69, 9.17) is 4.74 Å². The van der Waals surface area contributed by atoms with E-state index in [2.05, 4.69) is 10.3 Å². The molecule has 2 rings (SSSR count). The second-order valence-corrected chi connectivity index (χ2v) is 5.59. The van der Waals surface area contributed by atoms with Crippen molar-refractivity contribution < 1.29 is 14.3 Å². The number of carbonyl (C=O) groups is 2. The lowest BCUT2D eigenvalue weighted by Crippen LogP contribution is -2.42. The van der Waals surface area contributed by atoms with Gasteiger partial charge >= 0.3 is 5.97 Å². The maximum Gasteiger partial charge on any atom is 0.328 e. The molecule has 0 spiro atoms. The molecule has 1 N–H and O–H groups in total. The highest BCUT2D eigenvalue weighted by Gasteiger charge is 2.23. The van der Waals surface area contributed by atoms with Gasteiger partial charge in [-0.25, -0.2) is 4.79 Å². The van der Waals surface area contributed by atoms with Crippen molar-refractivity contribution in [1.29, 1.82) is 0 Å². The minimum absolute atomic E-state index is 0.269. The monoisotopic (exact) mass is 300 g/mol. The SMILES string of the molecule is COC(=O)C(CC(C)C)NC(=O)c1ccc2ncccc2c1. The minimum atomic E-state index is -0.637. The van der Waals surface area contributed by atoms with Crippen LogP contribution in [0.25, 0.3) is 10.9 Å². The number of ether oxygens (including phenoxy) is 1. The summed E-state index contributed by atoms with van der Waals surface area (Å²) in [6, 6.07) is 8.34. The van der Waals surface area contributed by atoms with E-state index in [0.717, 1.165) is 10.9 Å². The third-order valence-corrected chi connectivity index (χ3v) is 3.36. The first kappa shape index (κ1) is 15.9. The summed E-state index contributed by atoms with van der Waals surface area (Å²) < 4.78 is 4.76. The third kappa shape index (κ3) is 3.81. The predicted molar refractivity (Wildman–Crippen MR) is 84.5 cm³/mol. The molecule has 1 amide bonds. The second-order valence-electron chi connectivity index (χ2n) is 5.59. The summed E-state index contributed by atoms with van der Waals surface area (Å²) in [4.78, 5) is 28.4. The second kappa shape index (κ2) is 7.02. The van der Waals surface area contributed by atoms with E-state index >= 15 is 0 Å². The largest absolute Gasteiger partial charge is 0.467 e. The number of hydrogen-bond acceptors (Lipinski definition) is 4. The van der Waals surface area contributed by atoms with Crippen molar-refractivity contribution in [2.45, 2.75) is 26.3 Å². The van der Waals surface area contributed by atoms with Crippen LogP contribution in [-0.4, -0.2) is 30.0 Å². The molecule has 1 atom stereocenters. The number of nitrogens with one attached hydrogen (secondary N) is 1. The number of methoxy groups -OCH3 is 1. The van der Waals surface area contributed by atoms with Crippen LogP contribution in [0, 0.1) is 5.92 Å². The van der Waals surface area contributed by atoms with Crippen LogP contribution < -0.4 is 5.32 Å². The smallest absolute Gasteiger partial charge is 0.328 e. The Labute approximate surface area is 129 Å². The van der Waals surface area contributed by atoms with E-state index < -0.39 is 12.0 Å². The highest BCUT2D eigenvalue weighted by atomic mass is 16.5. The van der Waals surface area contributed by atoms with Crippen LogP contribution >= 0.6 is 0 Å². The van der Waals surface area contributed by atoms with Gasteiger partial charge in [0.2, 0.25) is 0 Å². The zero-order chi connectivity index (χ0) is 16.1. The van der Waals surface area contributed by atoms with Gasteiger partial charge in [-0.3, -0.25) is 9.78 Å². The molecular weight excluding hydrogens is 280 g/mol. The molecule has 1 heterocycles. The highest BCUT2D eigenvalue weighted by Crippen LogP contribution is 2.14. The van der Waals surface area contributed by atoms with E-state index in [1.165, 1.54) is 7.11 Å². The number of esters is 1. The number of aromatic nitrogens is 1. The number of fused-ring (bicyclic) bond motifs is 1. The van der Waals surface area contributed by atoms with Gasteiger partial charge in [-0.15, -0.1) is 0 Å². The molecule has 5 nitrogen and oxygen atoms in total. The summed E-state index contributed by atoms with van der Waals surface area (Å²) in [6.45, 7) is 3.98. The van der Waals surface area contributed by atoms with Crippen LogP contribution in [0.3, 0.4) is 0 Å². The quantitative estimate of drug-likeness (QED) is 0.862. The summed E-state index contributed by atoms with van der Waals surface area (Å²) in [5.41, 5.74) is 1.32. The summed E-state index contributed by atoms with van der Waals surface area (Å²) in [5.74, 6) is -0.448. The molecular formula is C17H20N2O3. The lowest BCUT2D eigenvalue weighted by Gasteiger charge is -2.18. The van der Waals surface area contributed by atoms with Gasteiger partial charge in [0, 0.05) is 17.1 Å². The van der Waals surface area contributed by atoms with Crippen molar-refractivity contribution in [3.05, 3.63) is 42.1 Å². The van der Waals surface area contributed by atoms with Crippen LogP contribution in [0.5, 0.6) is 0 Å². The number of hydrogen-bond donors (Lipinski definition) is 1. The predicted octanol–water partition coefficient (Wildman–Crippen LogP) is 2.55. The minimum Gasteiger partial charge on any atom is -0.467 e. The van der Waals surface area contributed by atoms with Crippen molar-refractivity contribution in [3.8, 4) is 0 Å². The normalized spacial score (nSPS) is 12.2. The molecule has 2 aromatic rings. The zero-order valence-corrected chi connectivity index (χ0v) is 13.0. The van der Waals surface area contributed by atoms with Crippen LogP contribution in [0.1, 0.15) is 30.6 Å². The van der Waals surface area contributed by atoms with E-state index in [9.17, 15) is 9.59 Å². The third-order valence-electron chi connectivity index (χ3n) is 3.36. The van der Waals surface area contributed by atoms with Gasteiger partial charge in [-0.1, -0.05) is 19.9 Å². The molecule has 0 aliphatic heterocycles. The van der Waals surface area contributed by atoms with Gasteiger partial charge in [0.25, 0.3) is 5.91 Å². The molecule has 1 unspecified atom stereocenters. The number of pyridine rings is 1. The molecule has 0 aliphatic rings. The number of rotatable bonds is 5. The zero-order valence-electron chi connectivity index (χ0n) is 13.0. The maximum absolute atomic E-state index is 12.4. The van der Waals surface area contributed by atoms with Crippen molar-refractivity contribution in [1.82, 2.24) is 10.3 Å². The van der Waals surface area contributed by atoms with Gasteiger partial charge < -0.3 is 10.1 Å². The van der Waals surface area contributed by atoms with Gasteiger partial charge in [-0.05, 0) is 36.6 Å². The average molecular weight is 300 g/mol. The van der Waals surface area contributed by atoms with E-state index in [0.29, 0.717) is 12.0 Å². The van der Waals surface area contributed by atoms with Gasteiger partial charge in [0.05, 0.1) is 12.6 Å². The molecule has 5 heteroatoms. The lowest BCUT2D eigenvalue weighted by molar-refractivity contribution is -0.143. The van der Waals surface area contributed by atoms with Crippen LogP contribution in [0.15, 0.2) is 36.5 Å². The Kier molecular flexibility index (Phi) is 5.09. The summed E-state index contributed by atoms with van der Waals surface area (Å²) in [5, 5.41) is 3.63. The van der Waals surface area contributed by atoms with Gasteiger partial charge in [0.1, 0.15) is 6.04 Å². The molecule has 0 saturated carbocycles. The van der Waals surface area contributed by atoms with Crippen LogP contribution in [0.2, 0.25) is 0 Å². The van der Waals surface area contributed by atoms with Crippen molar-refractivity contribution in [2.24, 2.45) is 5.92 Å².